The van der Waals surface area contributed by atoms with Gasteiger partial charge < -0.3 is 18.6 Å². The summed E-state index contributed by atoms with van der Waals surface area (Å²) in [4.78, 5) is 10.6. The summed E-state index contributed by atoms with van der Waals surface area (Å²) in [5, 5.41) is 11.0. The third kappa shape index (κ3) is 3.30. The van der Waals surface area contributed by atoms with Crippen molar-refractivity contribution in [1.29, 1.82) is 0 Å². The van der Waals surface area contributed by atoms with E-state index in [1.54, 1.807) is 30.3 Å². The van der Waals surface area contributed by atoms with Gasteiger partial charge in [-0.25, -0.2) is 0 Å². The Hall–Kier alpha value is -2.70. The van der Waals surface area contributed by atoms with Gasteiger partial charge in [0, 0.05) is 11.0 Å². The van der Waals surface area contributed by atoms with E-state index >= 15 is 0 Å². The zero-order valence-electron chi connectivity index (χ0n) is 12.6. The van der Waals surface area contributed by atoms with Gasteiger partial charge in [0.15, 0.2) is 11.5 Å². The SMILES string of the molecule is COc1ccc([C@H](C[N+](=O)[O-])c2ccc(OC)c(OC)c2)o1. The molecule has 2 rings (SSSR count). The first-order chi connectivity index (χ1) is 10.6. The molecule has 1 aromatic carbocycles. The minimum absolute atomic E-state index is 0.299. The van der Waals surface area contributed by atoms with Gasteiger partial charge in [-0.2, -0.15) is 0 Å². The molecule has 2 aromatic rings. The predicted octanol–water partition coefficient (Wildman–Crippen LogP) is 2.71. The lowest BCUT2D eigenvalue weighted by atomic mass is 9.96. The number of ether oxygens (including phenoxy) is 3. The summed E-state index contributed by atoms with van der Waals surface area (Å²) in [6, 6.07) is 8.47. The molecule has 1 aromatic heterocycles. The van der Waals surface area contributed by atoms with Gasteiger partial charge in [0.25, 0.3) is 5.95 Å². The monoisotopic (exact) mass is 307 g/mol. The van der Waals surface area contributed by atoms with Crippen LogP contribution in [0.25, 0.3) is 0 Å². The van der Waals surface area contributed by atoms with Gasteiger partial charge in [-0.05, 0) is 23.8 Å². The van der Waals surface area contributed by atoms with Gasteiger partial charge in [0.2, 0.25) is 6.54 Å². The van der Waals surface area contributed by atoms with Crippen LogP contribution in [0, 0.1) is 10.1 Å². The lowest BCUT2D eigenvalue weighted by Crippen LogP contribution is -2.13. The molecule has 0 aliphatic rings. The number of nitro groups is 1. The first-order valence-electron chi connectivity index (χ1n) is 6.56. The fourth-order valence-corrected chi connectivity index (χ4v) is 2.21. The molecule has 0 aliphatic heterocycles. The molecule has 7 heteroatoms. The van der Waals surface area contributed by atoms with Gasteiger partial charge >= 0.3 is 0 Å². The highest BCUT2D eigenvalue weighted by atomic mass is 16.6. The van der Waals surface area contributed by atoms with Gasteiger partial charge in [-0.1, -0.05) is 6.07 Å². The van der Waals surface area contributed by atoms with Crippen molar-refractivity contribution in [1.82, 2.24) is 0 Å². The number of hydrogen-bond acceptors (Lipinski definition) is 6. The molecular formula is C15H17NO6. The molecule has 0 spiro atoms. The molecule has 0 bridgehead atoms. The summed E-state index contributed by atoms with van der Waals surface area (Å²) in [5.41, 5.74) is 0.700. The van der Waals surface area contributed by atoms with E-state index in [0.29, 0.717) is 28.8 Å². The molecular weight excluding hydrogens is 290 g/mol. The minimum Gasteiger partial charge on any atom is -0.493 e. The summed E-state index contributed by atoms with van der Waals surface area (Å²) in [6.45, 7) is -0.299. The number of benzene rings is 1. The Morgan fingerprint density at radius 1 is 1.09 bits per heavy atom. The number of methoxy groups -OCH3 is 3. The Bertz CT molecular complexity index is 651. The summed E-state index contributed by atoms with van der Waals surface area (Å²) in [5.74, 6) is 1.29. The number of rotatable bonds is 7. The fourth-order valence-electron chi connectivity index (χ4n) is 2.21. The van der Waals surface area contributed by atoms with E-state index in [0.717, 1.165) is 0 Å². The highest BCUT2D eigenvalue weighted by Gasteiger charge is 2.25. The van der Waals surface area contributed by atoms with E-state index < -0.39 is 5.92 Å². The van der Waals surface area contributed by atoms with E-state index in [9.17, 15) is 10.1 Å². The largest absolute Gasteiger partial charge is 0.493 e. The highest BCUT2D eigenvalue weighted by Crippen LogP contribution is 2.34. The Labute approximate surface area is 127 Å². The van der Waals surface area contributed by atoms with Crippen LogP contribution >= 0.6 is 0 Å². The van der Waals surface area contributed by atoms with Crippen LogP contribution in [0.1, 0.15) is 17.2 Å². The standard InChI is InChI=1S/C15H17NO6/c1-19-13-5-4-10(8-14(13)20-2)11(9-16(17)18)12-6-7-15(21-3)22-12/h4-8,11H,9H2,1-3H3/t11-/m1/s1. The van der Waals surface area contributed by atoms with E-state index in [1.165, 1.54) is 21.3 Å². The van der Waals surface area contributed by atoms with Crippen molar-refractivity contribution in [3.8, 4) is 17.4 Å². The van der Waals surface area contributed by atoms with Crippen molar-refractivity contribution in [2.45, 2.75) is 5.92 Å². The molecule has 1 heterocycles. The summed E-state index contributed by atoms with van der Waals surface area (Å²) in [6.07, 6.45) is 0. The summed E-state index contributed by atoms with van der Waals surface area (Å²) >= 11 is 0. The quantitative estimate of drug-likeness (QED) is 0.577. The van der Waals surface area contributed by atoms with E-state index in [2.05, 4.69) is 0 Å². The van der Waals surface area contributed by atoms with E-state index in [4.69, 9.17) is 18.6 Å². The molecule has 7 nitrogen and oxygen atoms in total. The van der Waals surface area contributed by atoms with E-state index in [-0.39, 0.29) is 11.5 Å². The second-order valence-corrected chi connectivity index (χ2v) is 4.54. The molecule has 0 unspecified atom stereocenters. The van der Waals surface area contributed by atoms with Crippen LogP contribution in [0.2, 0.25) is 0 Å². The van der Waals surface area contributed by atoms with Crippen molar-refractivity contribution < 1.29 is 23.6 Å². The van der Waals surface area contributed by atoms with Crippen LogP contribution in [-0.2, 0) is 0 Å². The van der Waals surface area contributed by atoms with Crippen LogP contribution in [-0.4, -0.2) is 32.8 Å². The first-order valence-corrected chi connectivity index (χ1v) is 6.56. The van der Waals surface area contributed by atoms with Gasteiger partial charge in [-0.15, -0.1) is 0 Å². The molecule has 22 heavy (non-hydrogen) atoms. The first kappa shape index (κ1) is 15.7. The van der Waals surface area contributed by atoms with Crippen molar-refractivity contribution in [2.24, 2.45) is 0 Å². The van der Waals surface area contributed by atoms with Crippen molar-refractivity contribution in [2.75, 3.05) is 27.9 Å². The van der Waals surface area contributed by atoms with Gasteiger partial charge in [0.1, 0.15) is 11.7 Å². The zero-order valence-corrected chi connectivity index (χ0v) is 12.6. The molecule has 118 valence electrons. The minimum atomic E-state index is -0.543. The van der Waals surface area contributed by atoms with Gasteiger partial charge in [0.05, 0.1) is 21.3 Å². The van der Waals surface area contributed by atoms with Crippen molar-refractivity contribution >= 4 is 0 Å². The second kappa shape index (κ2) is 6.84. The molecule has 0 N–H and O–H groups in total. The van der Waals surface area contributed by atoms with Crippen LogP contribution in [0.15, 0.2) is 34.7 Å². The zero-order chi connectivity index (χ0) is 16.1. The van der Waals surface area contributed by atoms with Crippen LogP contribution in [0.3, 0.4) is 0 Å². The second-order valence-electron chi connectivity index (χ2n) is 4.54. The summed E-state index contributed by atoms with van der Waals surface area (Å²) < 4.78 is 20.9. The third-order valence-electron chi connectivity index (χ3n) is 3.29. The number of hydrogen-bond donors (Lipinski definition) is 0. The predicted molar refractivity (Wildman–Crippen MR) is 78.5 cm³/mol. The number of nitrogens with zero attached hydrogens (tertiary/aromatic N) is 1. The van der Waals surface area contributed by atoms with Crippen LogP contribution < -0.4 is 14.2 Å². The van der Waals surface area contributed by atoms with E-state index in [1.807, 2.05) is 0 Å². The topological polar surface area (TPSA) is 84.0 Å². The van der Waals surface area contributed by atoms with Gasteiger partial charge in [-0.3, -0.25) is 10.1 Å². The fraction of sp³-hybridized carbons (Fsp3) is 0.333. The maximum absolute atomic E-state index is 11.0. The lowest BCUT2D eigenvalue weighted by Gasteiger charge is -2.14. The molecule has 0 amide bonds. The Morgan fingerprint density at radius 2 is 1.82 bits per heavy atom. The van der Waals surface area contributed by atoms with Crippen molar-refractivity contribution in [3.05, 3.63) is 51.8 Å². The van der Waals surface area contributed by atoms with Crippen molar-refractivity contribution in [3.63, 3.8) is 0 Å². The molecule has 0 saturated heterocycles. The number of furan rings is 1. The highest BCUT2D eigenvalue weighted by molar-refractivity contribution is 5.45. The summed E-state index contributed by atoms with van der Waals surface area (Å²) in [7, 11) is 4.52. The van der Waals surface area contributed by atoms with Crippen LogP contribution in [0.5, 0.6) is 17.4 Å². The maximum atomic E-state index is 11.0. The maximum Gasteiger partial charge on any atom is 0.284 e. The molecule has 0 saturated carbocycles. The lowest BCUT2D eigenvalue weighted by molar-refractivity contribution is -0.482. The normalized spacial score (nSPS) is 11.8. The van der Waals surface area contributed by atoms with Crippen LogP contribution in [0.4, 0.5) is 0 Å². The molecule has 1 atom stereocenters. The Morgan fingerprint density at radius 3 is 2.36 bits per heavy atom. The average molecular weight is 307 g/mol. The molecule has 0 fully saturated rings. The smallest absolute Gasteiger partial charge is 0.284 e. The third-order valence-corrected chi connectivity index (χ3v) is 3.29. The molecule has 0 radical (unpaired) electrons. The molecule has 0 aliphatic carbocycles. The average Bonchev–Trinajstić information content (AvgIpc) is 3.00. The Balaban J connectivity index is 2.42. The Kier molecular flexibility index (Phi) is 4.88.